The molecule has 2 aliphatic rings. The van der Waals surface area contributed by atoms with Crippen LogP contribution in [0.3, 0.4) is 0 Å². The molecule has 0 radical (unpaired) electrons. The monoisotopic (exact) mass is 607 g/mol. The number of hydrogen-bond donors (Lipinski definition) is 2. The van der Waals surface area contributed by atoms with E-state index in [0.29, 0.717) is 23.3 Å². The molecule has 7 rings (SSSR count). The van der Waals surface area contributed by atoms with Gasteiger partial charge in [-0.15, -0.1) is 0 Å². The van der Waals surface area contributed by atoms with Crippen molar-refractivity contribution in [1.29, 1.82) is 0 Å². The third kappa shape index (κ3) is 5.62. The molecule has 0 bridgehead atoms. The first-order valence-corrected chi connectivity index (χ1v) is 15.8. The maximum atomic E-state index is 13.1. The average Bonchev–Trinajstić information content (AvgIpc) is 3.60. The van der Waals surface area contributed by atoms with Crippen molar-refractivity contribution in [2.24, 2.45) is 7.05 Å². The third-order valence-electron chi connectivity index (χ3n) is 9.73. The molecule has 234 valence electrons. The Bertz CT molecular complexity index is 1850. The number of piperazine rings is 1. The second kappa shape index (κ2) is 12.1. The van der Waals surface area contributed by atoms with Gasteiger partial charge in [0.15, 0.2) is 5.65 Å². The Morgan fingerprint density at radius 3 is 2.49 bits per heavy atom. The number of carbonyl (C=O) groups excluding carboxylic acids is 1. The van der Waals surface area contributed by atoms with E-state index in [4.69, 9.17) is 15.6 Å². The second-order valence-electron chi connectivity index (χ2n) is 12.4. The molecule has 2 fully saturated rings. The van der Waals surface area contributed by atoms with E-state index in [1.54, 1.807) is 7.11 Å². The van der Waals surface area contributed by atoms with E-state index >= 15 is 0 Å². The minimum absolute atomic E-state index is 0.119. The van der Waals surface area contributed by atoms with Crippen molar-refractivity contribution in [3.05, 3.63) is 60.6 Å². The second-order valence-corrected chi connectivity index (χ2v) is 12.4. The van der Waals surface area contributed by atoms with Crippen molar-refractivity contribution in [1.82, 2.24) is 34.1 Å². The topological polar surface area (TPSA) is 119 Å². The standard InChI is InChI=1S/C34H41N9O2/c1-40-14-16-42(17-15-40)24-9-11-25(12-10-24)43-34-31(33(35)36-21-37-34)32(39-43)23-8-13-27(29(19-23)45-3)38-30(44)20-26-18-22-6-4-5-7-28(22)41(26)2/h4-8,13,18-19,21,24-25H,9-12,14-17,20H2,1-3H3,(H,38,44)(H2,35,36,37). The average molecular weight is 608 g/mol. The van der Waals surface area contributed by atoms with Crippen LogP contribution in [0.25, 0.3) is 33.2 Å². The third-order valence-corrected chi connectivity index (χ3v) is 9.73. The highest BCUT2D eigenvalue weighted by Crippen LogP contribution is 2.39. The van der Waals surface area contributed by atoms with Crippen LogP contribution in [0.4, 0.5) is 11.5 Å². The first kappa shape index (κ1) is 29.2. The van der Waals surface area contributed by atoms with Gasteiger partial charge >= 0.3 is 0 Å². The van der Waals surface area contributed by atoms with Crippen LogP contribution < -0.4 is 15.8 Å². The smallest absolute Gasteiger partial charge is 0.230 e. The van der Waals surface area contributed by atoms with Gasteiger partial charge in [-0.05, 0) is 62.4 Å². The molecule has 0 unspecified atom stereocenters. The van der Waals surface area contributed by atoms with Crippen LogP contribution in [0.1, 0.15) is 37.4 Å². The number of rotatable bonds is 7. The molecule has 1 amide bonds. The number of nitrogens with zero attached hydrogens (tertiary/aromatic N) is 7. The van der Waals surface area contributed by atoms with E-state index in [1.165, 1.54) is 6.33 Å². The molecule has 1 aliphatic carbocycles. The highest BCUT2D eigenvalue weighted by molar-refractivity contribution is 6.00. The number of carbonyl (C=O) groups is 1. The number of likely N-dealkylation sites (N-methyl/N-ethyl adjacent to an activating group) is 1. The summed E-state index contributed by atoms with van der Waals surface area (Å²) in [6.45, 7) is 4.57. The Balaban J connectivity index is 1.12. The molecule has 1 saturated heterocycles. The van der Waals surface area contributed by atoms with Crippen LogP contribution >= 0.6 is 0 Å². The maximum absolute atomic E-state index is 13.1. The Kier molecular flexibility index (Phi) is 7.88. The molecule has 5 aromatic rings. The minimum Gasteiger partial charge on any atom is -0.495 e. The number of anilines is 2. The van der Waals surface area contributed by atoms with Crippen LogP contribution in [0.5, 0.6) is 5.75 Å². The van der Waals surface area contributed by atoms with Gasteiger partial charge in [0.25, 0.3) is 0 Å². The summed E-state index contributed by atoms with van der Waals surface area (Å²) in [6, 6.07) is 16.8. The maximum Gasteiger partial charge on any atom is 0.230 e. The molecule has 0 atom stereocenters. The molecular weight excluding hydrogens is 566 g/mol. The number of aryl methyl sites for hydroxylation is 1. The van der Waals surface area contributed by atoms with E-state index < -0.39 is 0 Å². The lowest BCUT2D eigenvalue weighted by Crippen LogP contribution is -2.49. The zero-order chi connectivity index (χ0) is 31.1. The zero-order valence-electron chi connectivity index (χ0n) is 26.2. The summed E-state index contributed by atoms with van der Waals surface area (Å²) in [5, 5.41) is 10.0. The molecule has 3 N–H and O–H groups in total. The number of nitrogens with one attached hydrogen (secondary N) is 1. The number of aromatic nitrogens is 5. The Hall–Kier alpha value is -4.48. The van der Waals surface area contributed by atoms with Crippen LogP contribution in [0.2, 0.25) is 0 Å². The van der Waals surface area contributed by atoms with Gasteiger partial charge in [-0.1, -0.05) is 24.3 Å². The summed E-state index contributed by atoms with van der Waals surface area (Å²) in [5.41, 5.74) is 11.4. The van der Waals surface area contributed by atoms with Gasteiger partial charge in [0.05, 0.1) is 30.6 Å². The molecule has 45 heavy (non-hydrogen) atoms. The fraction of sp³-hybridized carbons (Fsp3) is 0.412. The number of hydrogen-bond acceptors (Lipinski definition) is 8. The first-order chi connectivity index (χ1) is 21.9. The molecule has 0 spiro atoms. The number of methoxy groups -OCH3 is 1. The number of fused-ring (bicyclic) bond motifs is 2. The fourth-order valence-corrected chi connectivity index (χ4v) is 7.12. The van der Waals surface area contributed by atoms with Gasteiger partial charge in [-0.3, -0.25) is 9.69 Å². The molecular formula is C34H41N9O2. The SMILES string of the molecule is COc1cc(-c2nn(C3CCC(N4CCN(C)CC4)CC3)c3ncnc(N)c23)ccc1NC(=O)Cc1cc2ccccc2n1C. The summed E-state index contributed by atoms with van der Waals surface area (Å²) in [5.74, 6) is 0.828. The predicted molar refractivity (Wildman–Crippen MR) is 177 cm³/mol. The van der Waals surface area contributed by atoms with E-state index in [2.05, 4.69) is 59.6 Å². The first-order valence-electron chi connectivity index (χ1n) is 15.8. The van der Waals surface area contributed by atoms with E-state index in [9.17, 15) is 4.79 Å². The van der Waals surface area contributed by atoms with Crippen LogP contribution in [-0.4, -0.2) is 86.4 Å². The molecule has 3 aromatic heterocycles. The summed E-state index contributed by atoms with van der Waals surface area (Å²) >= 11 is 0. The van der Waals surface area contributed by atoms with Crippen molar-refractivity contribution in [2.75, 3.05) is 51.4 Å². The summed E-state index contributed by atoms with van der Waals surface area (Å²) in [7, 11) is 5.79. The highest BCUT2D eigenvalue weighted by Gasteiger charge is 2.31. The quantitative estimate of drug-likeness (QED) is 0.278. The summed E-state index contributed by atoms with van der Waals surface area (Å²) in [6.07, 6.45) is 6.14. The molecule has 1 saturated carbocycles. The van der Waals surface area contributed by atoms with Crippen molar-refractivity contribution in [3.8, 4) is 17.0 Å². The van der Waals surface area contributed by atoms with Gasteiger partial charge in [-0.25, -0.2) is 14.6 Å². The highest BCUT2D eigenvalue weighted by atomic mass is 16.5. The lowest BCUT2D eigenvalue weighted by atomic mass is 9.90. The van der Waals surface area contributed by atoms with Gasteiger partial charge in [-0.2, -0.15) is 5.10 Å². The molecule has 1 aliphatic heterocycles. The number of amides is 1. The fourth-order valence-electron chi connectivity index (χ4n) is 7.12. The van der Waals surface area contributed by atoms with Crippen LogP contribution in [-0.2, 0) is 18.3 Å². The zero-order valence-corrected chi connectivity index (χ0v) is 26.2. The van der Waals surface area contributed by atoms with Crippen LogP contribution in [0.15, 0.2) is 54.9 Å². The minimum atomic E-state index is -0.119. The van der Waals surface area contributed by atoms with Crippen molar-refractivity contribution in [2.45, 2.75) is 44.2 Å². The lowest BCUT2D eigenvalue weighted by molar-refractivity contribution is -0.115. The van der Waals surface area contributed by atoms with E-state index in [-0.39, 0.29) is 18.4 Å². The van der Waals surface area contributed by atoms with Crippen LogP contribution in [0, 0.1) is 0 Å². The van der Waals surface area contributed by atoms with Crippen molar-refractivity contribution < 1.29 is 9.53 Å². The van der Waals surface area contributed by atoms with Crippen molar-refractivity contribution in [3.63, 3.8) is 0 Å². The Labute approximate surface area is 263 Å². The lowest BCUT2D eigenvalue weighted by Gasteiger charge is -2.41. The van der Waals surface area contributed by atoms with Gasteiger partial charge in [0.1, 0.15) is 23.6 Å². The van der Waals surface area contributed by atoms with Gasteiger partial charge in [0.2, 0.25) is 5.91 Å². The summed E-state index contributed by atoms with van der Waals surface area (Å²) < 4.78 is 9.87. The number of benzene rings is 2. The molecule has 2 aromatic carbocycles. The Morgan fingerprint density at radius 1 is 0.978 bits per heavy atom. The molecule has 4 heterocycles. The summed E-state index contributed by atoms with van der Waals surface area (Å²) in [4.78, 5) is 27.2. The number of nitrogen functional groups attached to an aromatic ring is 1. The van der Waals surface area contributed by atoms with E-state index in [1.807, 2.05) is 37.4 Å². The van der Waals surface area contributed by atoms with Gasteiger partial charge in [0, 0.05) is 56.0 Å². The van der Waals surface area contributed by atoms with Crippen molar-refractivity contribution >= 4 is 39.3 Å². The number of nitrogens with two attached hydrogens (primary N) is 1. The predicted octanol–water partition coefficient (Wildman–Crippen LogP) is 4.49. The number of ether oxygens (including phenoxy) is 1. The van der Waals surface area contributed by atoms with Gasteiger partial charge < -0.3 is 25.3 Å². The Morgan fingerprint density at radius 2 is 1.73 bits per heavy atom. The molecule has 11 heteroatoms. The molecule has 11 nitrogen and oxygen atoms in total. The largest absolute Gasteiger partial charge is 0.495 e. The normalized spacial score (nSPS) is 19.7. The number of para-hydroxylation sites is 1. The van der Waals surface area contributed by atoms with E-state index in [0.717, 1.165) is 90.7 Å².